The molecule has 172 valence electrons. The lowest BCUT2D eigenvalue weighted by Gasteiger charge is -2.19. The minimum atomic E-state index is -4.22. The molecule has 0 atom stereocenters. The van der Waals surface area contributed by atoms with E-state index in [9.17, 15) is 27.2 Å². The lowest BCUT2D eigenvalue weighted by Crippen LogP contribution is -2.42. The number of hydrogen-bond donors (Lipinski definition) is 2. The second-order valence-corrected chi connectivity index (χ2v) is 9.85. The third-order valence-corrected chi connectivity index (χ3v) is 5.62. The summed E-state index contributed by atoms with van der Waals surface area (Å²) in [6.07, 6.45) is -1.13. The number of fused-ring (bicyclic) bond motifs is 4. The highest BCUT2D eigenvalue weighted by Gasteiger charge is 2.30. The number of benzene rings is 2. The number of nitrogens with one attached hydrogen (secondary N) is 2. The molecule has 0 unspecified atom stereocenters. The minimum absolute atomic E-state index is 0.0381. The lowest BCUT2D eigenvalue weighted by atomic mass is 10.1. The molecule has 0 radical (unpaired) electrons. The number of nitrogens with zero attached hydrogens (tertiary/aromatic N) is 2. The van der Waals surface area contributed by atoms with Crippen LogP contribution in [-0.4, -0.2) is 35.4 Å². The van der Waals surface area contributed by atoms with Crippen LogP contribution in [0.3, 0.4) is 0 Å². The van der Waals surface area contributed by atoms with Crippen molar-refractivity contribution < 1.29 is 27.1 Å². The summed E-state index contributed by atoms with van der Waals surface area (Å²) in [7, 11) is -4.22. The monoisotopic (exact) mass is 474 g/mol. The number of halogens is 1. The summed E-state index contributed by atoms with van der Waals surface area (Å²) in [6.45, 7) is 4.54. The van der Waals surface area contributed by atoms with Crippen molar-refractivity contribution in [1.29, 1.82) is 0 Å². The number of ketones is 1. The lowest BCUT2D eigenvalue weighted by molar-refractivity contribution is 0.0569. The predicted octanol–water partition coefficient (Wildman–Crippen LogP) is 1.93. The van der Waals surface area contributed by atoms with Gasteiger partial charge in [0.1, 0.15) is 11.4 Å². The first-order valence-electron chi connectivity index (χ1n) is 9.75. The molecule has 2 heterocycles. The fourth-order valence-electron chi connectivity index (χ4n) is 3.35. The van der Waals surface area contributed by atoms with Gasteiger partial charge in [0.05, 0.1) is 22.2 Å². The van der Waals surface area contributed by atoms with Crippen LogP contribution in [0, 0.1) is 5.82 Å². The molecule has 12 heteroatoms. The van der Waals surface area contributed by atoms with Gasteiger partial charge in [-0.3, -0.25) is 14.2 Å². The van der Waals surface area contributed by atoms with E-state index in [1.807, 2.05) is 0 Å². The van der Waals surface area contributed by atoms with Gasteiger partial charge in [-0.15, -0.1) is 0 Å². The third-order valence-electron chi connectivity index (χ3n) is 4.66. The topological polar surface area (TPSA) is 136 Å². The summed E-state index contributed by atoms with van der Waals surface area (Å²) >= 11 is 0. The molecule has 3 aromatic rings. The first kappa shape index (κ1) is 22.6. The number of amides is 1. The largest absolute Gasteiger partial charge is 0.443 e. The number of carbonyl (C=O) groups is 2. The molecule has 1 amide bonds. The number of rotatable bonds is 4. The Labute approximate surface area is 187 Å². The molecule has 0 fully saturated rings. The van der Waals surface area contributed by atoms with Crippen molar-refractivity contribution in [2.45, 2.75) is 32.9 Å². The zero-order chi connectivity index (χ0) is 24.1. The van der Waals surface area contributed by atoms with Crippen LogP contribution in [0.1, 0.15) is 42.5 Å². The number of hydrogen-bond acceptors (Lipinski definition) is 7. The molecule has 1 aliphatic rings. The van der Waals surface area contributed by atoms with Gasteiger partial charge < -0.3 is 4.74 Å². The van der Waals surface area contributed by atoms with Crippen molar-refractivity contribution in [3.63, 3.8) is 0 Å². The normalized spacial score (nSPS) is 13.0. The van der Waals surface area contributed by atoms with Crippen molar-refractivity contribution in [2.24, 2.45) is 0 Å². The van der Waals surface area contributed by atoms with Gasteiger partial charge in [-0.1, -0.05) is 6.07 Å². The Bertz CT molecular complexity index is 1490. The Morgan fingerprint density at radius 3 is 2.58 bits per heavy atom. The van der Waals surface area contributed by atoms with Crippen LogP contribution in [0.2, 0.25) is 0 Å². The molecule has 1 aliphatic heterocycles. The van der Waals surface area contributed by atoms with E-state index in [0.717, 1.165) is 16.7 Å². The Kier molecular flexibility index (Phi) is 5.29. The Morgan fingerprint density at radius 1 is 1.15 bits per heavy atom. The molecule has 0 spiro atoms. The highest BCUT2D eigenvalue weighted by molar-refractivity contribution is 7.88. The van der Waals surface area contributed by atoms with Crippen molar-refractivity contribution in [2.75, 3.05) is 0 Å². The average molecular weight is 474 g/mol. The van der Waals surface area contributed by atoms with Crippen molar-refractivity contribution >= 4 is 33.0 Å². The van der Waals surface area contributed by atoms with Crippen molar-refractivity contribution in [3.05, 3.63) is 69.5 Å². The summed E-state index contributed by atoms with van der Waals surface area (Å²) in [5.41, 5.74) is -0.502. The predicted molar refractivity (Wildman–Crippen MR) is 116 cm³/mol. The first-order chi connectivity index (χ1) is 15.3. The highest BCUT2D eigenvalue weighted by Crippen LogP contribution is 2.27. The van der Waals surface area contributed by atoms with E-state index >= 15 is 0 Å². The number of ether oxygens (including phenoxy) is 1. The molecule has 0 aliphatic carbocycles. The van der Waals surface area contributed by atoms with Crippen LogP contribution in [0.25, 0.3) is 16.6 Å². The molecule has 2 aromatic carbocycles. The van der Waals surface area contributed by atoms with Gasteiger partial charge in [-0.2, -0.15) is 13.1 Å². The number of aromatic nitrogens is 2. The average Bonchev–Trinajstić information content (AvgIpc) is 2.96. The van der Waals surface area contributed by atoms with Gasteiger partial charge in [-0.05, 0) is 56.7 Å². The summed E-state index contributed by atoms with van der Waals surface area (Å²) in [5, 5.41) is 0.196. The van der Waals surface area contributed by atoms with Gasteiger partial charge in [0.15, 0.2) is 5.82 Å². The molecule has 0 saturated carbocycles. The van der Waals surface area contributed by atoms with Gasteiger partial charge >= 0.3 is 16.3 Å². The van der Waals surface area contributed by atoms with E-state index in [1.54, 1.807) is 25.5 Å². The summed E-state index contributed by atoms with van der Waals surface area (Å²) in [6, 6.07) is 7.96. The van der Waals surface area contributed by atoms with E-state index in [-0.39, 0.29) is 34.5 Å². The molecule has 1 aromatic heterocycles. The van der Waals surface area contributed by atoms with Gasteiger partial charge in [-0.25, -0.2) is 18.9 Å². The third kappa shape index (κ3) is 4.47. The molecule has 0 saturated heterocycles. The first-order valence-corrected chi connectivity index (χ1v) is 11.2. The highest BCUT2D eigenvalue weighted by atomic mass is 32.2. The Morgan fingerprint density at radius 2 is 1.88 bits per heavy atom. The molecular weight excluding hydrogens is 455 g/mol. The second-order valence-electron chi connectivity index (χ2n) is 8.35. The van der Waals surface area contributed by atoms with Gasteiger partial charge in [0.25, 0.3) is 5.56 Å². The molecule has 2 N–H and O–H groups in total. The summed E-state index contributed by atoms with van der Waals surface area (Å²) < 4.78 is 47.8. The maximum atomic E-state index is 13.6. The fourth-order valence-corrected chi connectivity index (χ4v) is 4.04. The molecular formula is C21H19FN4O6S. The number of carbonyl (C=O) groups excluding carboxylic acids is 2. The van der Waals surface area contributed by atoms with E-state index in [2.05, 4.69) is 9.71 Å². The second kappa shape index (κ2) is 7.74. The zero-order valence-corrected chi connectivity index (χ0v) is 18.6. The van der Waals surface area contributed by atoms with Crippen LogP contribution < -0.4 is 15.0 Å². The Hall–Kier alpha value is -3.64. The molecule has 0 bridgehead atoms. The molecule has 33 heavy (non-hydrogen) atoms. The molecule has 4 rings (SSSR count). The molecule has 10 nitrogen and oxygen atoms in total. The smallest absolute Gasteiger partial charge is 0.422 e. The quantitative estimate of drug-likeness (QED) is 0.461. The summed E-state index contributed by atoms with van der Waals surface area (Å²) in [5.74, 6) is -1.35. The zero-order valence-electron chi connectivity index (χ0n) is 17.8. The Balaban J connectivity index is 1.60. The van der Waals surface area contributed by atoms with Gasteiger partial charge in [0, 0.05) is 6.54 Å². The van der Waals surface area contributed by atoms with E-state index in [0.29, 0.717) is 5.56 Å². The van der Waals surface area contributed by atoms with E-state index < -0.39 is 39.1 Å². The van der Waals surface area contributed by atoms with Crippen LogP contribution in [0.5, 0.6) is 0 Å². The van der Waals surface area contributed by atoms with Gasteiger partial charge in [0.2, 0.25) is 5.78 Å². The minimum Gasteiger partial charge on any atom is -0.443 e. The van der Waals surface area contributed by atoms with Crippen LogP contribution >= 0.6 is 0 Å². The van der Waals surface area contributed by atoms with Crippen molar-refractivity contribution in [3.8, 4) is 5.69 Å². The van der Waals surface area contributed by atoms with Crippen molar-refractivity contribution in [1.82, 2.24) is 19.0 Å². The van der Waals surface area contributed by atoms with E-state index in [4.69, 9.17) is 4.74 Å². The summed E-state index contributed by atoms with van der Waals surface area (Å²) in [4.78, 5) is 41.6. The maximum absolute atomic E-state index is 13.6. The maximum Gasteiger partial charge on any atom is 0.422 e. The van der Waals surface area contributed by atoms with Crippen LogP contribution in [0.4, 0.5) is 9.18 Å². The van der Waals surface area contributed by atoms with Crippen LogP contribution in [0.15, 0.2) is 41.2 Å². The van der Waals surface area contributed by atoms with E-state index in [1.165, 1.54) is 24.3 Å². The fraction of sp³-hybridized carbons (Fsp3) is 0.238. The van der Waals surface area contributed by atoms with Crippen LogP contribution in [-0.2, 0) is 21.5 Å². The standard InChI is InChI=1S/C21H19FN4O6S/c1-21(2,3)32-20(29)25-33(30,31)23-10-11-4-6-13-15(8-11)24-18-17(27)14-9-12(22)5-7-16(14)26(18)19(13)28/h4-9,23H,10H2,1-3H3,(H,25,29). The SMILES string of the molecule is CC(C)(C)OC(=O)NS(=O)(=O)NCc1ccc2c(=O)n3c(nc2c1)C(=O)c1cc(F)ccc1-3.